The zero-order valence-corrected chi connectivity index (χ0v) is 14.1. The number of hydrogen-bond acceptors (Lipinski definition) is 4. The van der Waals surface area contributed by atoms with Crippen LogP contribution in [0.1, 0.15) is 21.6 Å². The Morgan fingerprint density at radius 2 is 1.73 bits per heavy atom. The van der Waals surface area contributed by atoms with Gasteiger partial charge in [-0.15, -0.1) is 0 Å². The number of hydrogen-bond donors (Lipinski definition) is 1. The summed E-state index contributed by atoms with van der Waals surface area (Å²) < 4.78 is 0. The summed E-state index contributed by atoms with van der Waals surface area (Å²) in [6, 6.07) is 16.9. The summed E-state index contributed by atoms with van der Waals surface area (Å²) in [5, 5.41) is 0. The molecule has 1 aliphatic rings. The molecule has 1 aliphatic heterocycles. The number of amides is 2. The Bertz CT molecular complexity index is 1010. The molecule has 0 aliphatic carbocycles. The van der Waals surface area contributed by atoms with Gasteiger partial charge in [-0.2, -0.15) is 0 Å². The van der Waals surface area contributed by atoms with Crippen LogP contribution in [0.5, 0.6) is 0 Å². The number of nitrogens with two attached hydrogens (primary N) is 1. The summed E-state index contributed by atoms with van der Waals surface area (Å²) in [4.78, 5) is 35.0. The molecule has 1 aromatic heterocycles. The SMILES string of the molecule is Cc1ccc(N2C(=O)Cc3c(C(N)=O)nc(-c4ccccc4)nc32)cc1. The number of rotatable bonds is 3. The molecule has 0 saturated carbocycles. The molecule has 0 saturated heterocycles. The zero-order valence-electron chi connectivity index (χ0n) is 14.1. The van der Waals surface area contributed by atoms with Crippen LogP contribution in [0.25, 0.3) is 11.4 Å². The fourth-order valence-corrected chi connectivity index (χ4v) is 3.05. The van der Waals surface area contributed by atoms with Crippen LogP contribution in [-0.4, -0.2) is 21.8 Å². The second-order valence-electron chi connectivity index (χ2n) is 6.17. The first-order valence-electron chi connectivity index (χ1n) is 8.20. The maximum Gasteiger partial charge on any atom is 0.267 e. The first kappa shape index (κ1) is 16.0. The van der Waals surface area contributed by atoms with E-state index in [0.717, 1.165) is 11.1 Å². The molecular weight excluding hydrogens is 328 g/mol. The molecule has 3 aromatic rings. The molecule has 0 spiro atoms. The van der Waals surface area contributed by atoms with Crippen LogP contribution >= 0.6 is 0 Å². The average Bonchev–Trinajstić information content (AvgIpc) is 2.98. The number of benzene rings is 2. The smallest absolute Gasteiger partial charge is 0.267 e. The van der Waals surface area contributed by atoms with Gasteiger partial charge in [-0.25, -0.2) is 9.97 Å². The second kappa shape index (κ2) is 6.07. The number of aromatic nitrogens is 2. The summed E-state index contributed by atoms with van der Waals surface area (Å²) in [5.41, 5.74) is 8.63. The third kappa shape index (κ3) is 2.61. The van der Waals surface area contributed by atoms with E-state index in [1.54, 1.807) is 0 Å². The van der Waals surface area contributed by atoms with Gasteiger partial charge in [0.25, 0.3) is 5.91 Å². The predicted octanol–water partition coefficient (Wildman–Crippen LogP) is 2.77. The van der Waals surface area contributed by atoms with Crippen LogP contribution in [-0.2, 0) is 11.2 Å². The van der Waals surface area contributed by atoms with Gasteiger partial charge in [-0.3, -0.25) is 14.5 Å². The van der Waals surface area contributed by atoms with E-state index in [1.807, 2.05) is 61.5 Å². The van der Waals surface area contributed by atoms with Gasteiger partial charge in [-0.1, -0.05) is 48.0 Å². The molecule has 2 aromatic carbocycles. The van der Waals surface area contributed by atoms with Crippen LogP contribution < -0.4 is 10.6 Å². The second-order valence-corrected chi connectivity index (χ2v) is 6.17. The Morgan fingerprint density at radius 3 is 2.38 bits per heavy atom. The van der Waals surface area contributed by atoms with Gasteiger partial charge in [0.1, 0.15) is 11.5 Å². The quantitative estimate of drug-likeness (QED) is 0.791. The van der Waals surface area contributed by atoms with Gasteiger partial charge < -0.3 is 5.73 Å². The fourth-order valence-electron chi connectivity index (χ4n) is 3.05. The molecule has 2 N–H and O–H groups in total. The van der Waals surface area contributed by atoms with Crippen molar-refractivity contribution in [3.63, 3.8) is 0 Å². The van der Waals surface area contributed by atoms with E-state index in [2.05, 4.69) is 9.97 Å². The van der Waals surface area contributed by atoms with Gasteiger partial charge in [0.2, 0.25) is 5.91 Å². The molecule has 4 rings (SSSR count). The summed E-state index contributed by atoms with van der Waals surface area (Å²) >= 11 is 0. The molecular formula is C20H16N4O2. The van der Waals surface area contributed by atoms with Crippen molar-refractivity contribution >= 4 is 23.3 Å². The van der Waals surface area contributed by atoms with E-state index in [1.165, 1.54) is 4.90 Å². The molecule has 0 radical (unpaired) electrons. The number of carbonyl (C=O) groups excluding carboxylic acids is 2. The molecule has 26 heavy (non-hydrogen) atoms. The topological polar surface area (TPSA) is 89.2 Å². The van der Waals surface area contributed by atoms with Crippen molar-refractivity contribution in [3.05, 3.63) is 71.4 Å². The van der Waals surface area contributed by atoms with Gasteiger partial charge in [0, 0.05) is 11.1 Å². The standard InChI is InChI=1S/C20H16N4O2/c1-12-7-9-14(10-8-12)24-16(25)11-15-17(18(21)26)22-19(23-20(15)24)13-5-3-2-4-6-13/h2-10H,11H2,1H3,(H2,21,26). The van der Waals surface area contributed by atoms with Crippen LogP contribution in [0.3, 0.4) is 0 Å². The van der Waals surface area contributed by atoms with Crippen molar-refractivity contribution in [1.82, 2.24) is 9.97 Å². The van der Waals surface area contributed by atoms with Gasteiger partial charge >= 0.3 is 0 Å². The van der Waals surface area contributed by atoms with Gasteiger partial charge in [-0.05, 0) is 19.1 Å². The first-order chi connectivity index (χ1) is 12.5. The number of carbonyl (C=O) groups is 2. The van der Waals surface area contributed by atoms with Gasteiger partial charge in [0.15, 0.2) is 5.82 Å². The largest absolute Gasteiger partial charge is 0.364 e. The van der Waals surface area contributed by atoms with Crippen molar-refractivity contribution in [3.8, 4) is 11.4 Å². The zero-order chi connectivity index (χ0) is 18.3. The Morgan fingerprint density at radius 1 is 1.04 bits per heavy atom. The lowest BCUT2D eigenvalue weighted by molar-refractivity contribution is -0.116. The number of nitrogens with zero attached hydrogens (tertiary/aromatic N) is 3. The van der Waals surface area contributed by atoms with Gasteiger partial charge in [0.05, 0.1) is 12.1 Å². The molecule has 0 unspecified atom stereocenters. The molecule has 0 bridgehead atoms. The molecule has 0 fully saturated rings. The molecule has 2 heterocycles. The van der Waals surface area contributed by atoms with Crippen molar-refractivity contribution in [2.45, 2.75) is 13.3 Å². The molecule has 0 atom stereocenters. The number of primary amides is 1. The Labute approximate surface area is 150 Å². The van der Waals surface area contributed by atoms with E-state index in [9.17, 15) is 9.59 Å². The van der Waals surface area contributed by atoms with E-state index in [0.29, 0.717) is 22.9 Å². The van der Waals surface area contributed by atoms with E-state index < -0.39 is 5.91 Å². The molecule has 6 nitrogen and oxygen atoms in total. The van der Waals surface area contributed by atoms with Crippen molar-refractivity contribution in [2.75, 3.05) is 4.90 Å². The van der Waals surface area contributed by atoms with E-state index in [-0.39, 0.29) is 18.0 Å². The number of fused-ring (bicyclic) bond motifs is 1. The highest BCUT2D eigenvalue weighted by Crippen LogP contribution is 2.36. The number of anilines is 2. The molecule has 128 valence electrons. The Kier molecular flexibility index (Phi) is 3.73. The lowest BCUT2D eigenvalue weighted by atomic mass is 10.1. The highest BCUT2D eigenvalue weighted by atomic mass is 16.2. The van der Waals surface area contributed by atoms with Crippen molar-refractivity contribution in [1.29, 1.82) is 0 Å². The van der Waals surface area contributed by atoms with Crippen molar-refractivity contribution in [2.24, 2.45) is 5.73 Å². The molecule has 2 amide bonds. The molecule has 6 heteroatoms. The Balaban J connectivity index is 1.92. The highest BCUT2D eigenvalue weighted by Gasteiger charge is 2.35. The number of aryl methyl sites for hydroxylation is 1. The summed E-state index contributed by atoms with van der Waals surface area (Å²) in [6.45, 7) is 1.98. The lowest BCUT2D eigenvalue weighted by Gasteiger charge is -2.17. The minimum absolute atomic E-state index is 0.0521. The minimum atomic E-state index is -0.667. The summed E-state index contributed by atoms with van der Waals surface area (Å²) in [5.74, 6) is -0.0447. The van der Waals surface area contributed by atoms with Crippen LogP contribution in [0.15, 0.2) is 54.6 Å². The normalized spacial score (nSPS) is 13.0. The van der Waals surface area contributed by atoms with E-state index in [4.69, 9.17) is 5.73 Å². The van der Waals surface area contributed by atoms with E-state index >= 15 is 0 Å². The summed E-state index contributed by atoms with van der Waals surface area (Å²) in [7, 11) is 0. The highest BCUT2D eigenvalue weighted by molar-refractivity contribution is 6.09. The minimum Gasteiger partial charge on any atom is -0.364 e. The third-order valence-corrected chi connectivity index (χ3v) is 4.33. The van der Waals surface area contributed by atoms with Crippen LogP contribution in [0.2, 0.25) is 0 Å². The van der Waals surface area contributed by atoms with Crippen LogP contribution in [0, 0.1) is 6.92 Å². The fraction of sp³-hybridized carbons (Fsp3) is 0.100. The maximum atomic E-state index is 12.6. The summed E-state index contributed by atoms with van der Waals surface area (Å²) in [6.07, 6.45) is 0.0521. The third-order valence-electron chi connectivity index (χ3n) is 4.33. The predicted molar refractivity (Wildman–Crippen MR) is 98.0 cm³/mol. The van der Waals surface area contributed by atoms with Crippen molar-refractivity contribution < 1.29 is 9.59 Å². The Hall–Kier alpha value is -3.54. The van der Waals surface area contributed by atoms with Crippen LogP contribution in [0.4, 0.5) is 11.5 Å². The lowest BCUT2D eigenvalue weighted by Crippen LogP contribution is -2.21. The average molecular weight is 344 g/mol. The monoisotopic (exact) mass is 344 g/mol. The maximum absolute atomic E-state index is 12.6. The first-order valence-corrected chi connectivity index (χ1v) is 8.20.